The van der Waals surface area contributed by atoms with Gasteiger partial charge in [-0.2, -0.15) is 0 Å². The molecule has 1 aromatic rings. The fourth-order valence-corrected chi connectivity index (χ4v) is 3.57. The fraction of sp³-hybridized carbons (Fsp3) is 0.625. The van der Waals surface area contributed by atoms with Crippen molar-refractivity contribution < 1.29 is 24.5 Å². The minimum Gasteiger partial charge on any atom is -0.479 e. The lowest BCUT2D eigenvalue weighted by Gasteiger charge is -2.19. The third kappa shape index (κ3) is 4.94. The van der Waals surface area contributed by atoms with Crippen LogP contribution in [0.15, 0.2) is 15.8 Å². The highest BCUT2D eigenvalue weighted by molar-refractivity contribution is 7.72. The number of H-pyrrole nitrogens is 1. The van der Waals surface area contributed by atoms with Crippen molar-refractivity contribution in [3.8, 4) is 5.75 Å². The second-order valence-electron chi connectivity index (χ2n) is 7.14. The highest BCUT2D eigenvalue weighted by Gasteiger charge is 2.44. The number of carbonyl (C=O) groups excluding carboxylic acids is 1. The SMILES string of the molecule is C=P(C)(C)CC[C@H]1O[C@@H](n2cc(OCC(C)=O)c(=O)[nH]c2=O)[C@H](O)[C@@H]1O. The van der Waals surface area contributed by atoms with Gasteiger partial charge in [-0.15, -0.1) is 13.2 Å². The lowest BCUT2D eigenvalue weighted by molar-refractivity contribution is -0.118. The van der Waals surface area contributed by atoms with Gasteiger partial charge >= 0.3 is 5.69 Å². The molecule has 0 saturated carbocycles. The first-order chi connectivity index (χ1) is 12.0. The number of nitrogens with zero attached hydrogens (tertiary/aromatic N) is 1. The van der Waals surface area contributed by atoms with Crippen LogP contribution in [0, 0.1) is 0 Å². The molecule has 0 aliphatic carbocycles. The van der Waals surface area contributed by atoms with Gasteiger partial charge in [0.25, 0.3) is 5.56 Å². The predicted octanol–water partition coefficient (Wildman–Crippen LogP) is -0.777. The molecular weight excluding hydrogens is 363 g/mol. The predicted molar refractivity (Wildman–Crippen MR) is 98.8 cm³/mol. The van der Waals surface area contributed by atoms with Gasteiger partial charge in [-0.05, 0) is 32.8 Å². The Bertz CT molecular complexity index is 825. The number of nitrogens with one attached hydrogen (secondary N) is 1. The monoisotopic (exact) mass is 388 g/mol. The number of aliphatic hydroxyl groups excluding tert-OH is 2. The number of aromatic amines is 1. The Hall–Kier alpha value is -1.67. The van der Waals surface area contributed by atoms with Crippen LogP contribution in [0.1, 0.15) is 19.6 Å². The Morgan fingerprint density at radius 3 is 2.62 bits per heavy atom. The largest absolute Gasteiger partial charge is 0.479 e. The molecule has 0 spiro atoms. The number of ether oxygens (including phenoxy) is 2. The van der Waals surface area contributed by atoms with Crippen LogP contribution in [0.5, 0.6) is 5.75 Å². The van der Waals surface area contributed by atoms with E-state index in [1.165, 1.54) is 6.92 Å². The van der Waals surface area contributed by atoms with E-state index < -0.39 is 42.7 Å². The summed E-state index contributed by atoms with van der Waals surface area (Å²) in [4.78, 5) is 37.0. The van der Waals surface area contributed by atoms with E-state index in [-0.39, 0.29) is 18.1 Å². The lowest BCUT2D eigenvalue weighted by atomic mass is 10.1. The van der Waals surface area contributed by atoms with E-state index in [9.17, 15) is 24.6 Å². The molecule has 1 aliphatic heterocycles. The van der Waals surface area contributed by atoms with Crippen LogP contribution in [0.25, 0.3) is 0 Å². The summed E-state index contributed by atoms with van der Waals surface area (Å²) < 4.78 is 11.7. The molecule has 1 saturated heterocycles. The highest BCUT2D eigenvalue weighted by atomic mass is 31.2. The normalized spacial score (nSPS) is 26.0. The standard InChI is InChI=1S/C16H25N2O7P/c1-9(19)8-24-11-7-18(16(23)17-14(11)22)15-13(21)12(20)10(25-15)5-6-26(2,3)4/h7,10,12-13,15,20-21H,2,5-6,8H2,1,3-4H3,(H,17,22,23)/t10-,12-,13-,15-/m1/s1. The molecule has 2 rings (SSSR count). The quantitative estimate of drug-likeness (QED) is 0.523. The molecule has 1 aliphatic rings. The van der Waals surface area contributed by atoms with E-state index in [0.29, 0.717) is 6.42 Å². The van der Waals surface area contributed by atoms with Gasteiger partial charge in [-0.25, -0.2) is 4.79 Å². The van der Waals surface area contributed by atoms with Crippen LogP contribution in [-0.2, 0) is 9.53 Å². The Balaban J connectivity index is 2.25. The van der Waals surface area contributed by atoms with Gasteiger partial charge in [0.15, 0.2) is 12.0 Å². The molecule has 0 amide bonds. The summed E-state index contributed by atoms with van der Waals surface area (Å²) in [6.45, 7) is 3.72. The van der Waals surface area contributed by atoms with Gasteiger partial charge in [-0.1, -0.05) is 0 Å². The zero-order valence-electron chi connectivity index (χ0n) is 15.0. The maximum absolute atomic E-state index is 12.1. The number of aliphatic hydroxyl groups is 2. The molecule has 0 radical (unpaired) electrons. The second-order valence-corrected chi connectivity index (χ2v) is 11.5. The van der Waals surface area contributed by atoms with Crippen molar-refractivity contribution in [2.45, 2.75) is 37.9 Å². The molecule has 10 heteroatoms. The minimum absolute atomic E-state index is 0.252. The highest BCUT2D eigenvalue weighted by Crippen LogP contribution is 2.39. The smallest absolute Gasteiger partial charge is 0.330 e. The number of carbonyl (C=O) groups is 1. The molecule has 2 heterocycles. The van der Waals surface area contributed by atoms with Crippen LogP contribution in [-0.4, -0.2) is 76.3 Å². The van der Waals surface area contributed by atoms with Crippen molar-refractivity contribution in [3.63, 3.8) is 0 Å². The summed E-state index contributed by atoms with van der Waals surface area (Å²) in [5.74, 6) is -0.549. The third-order valence-electron chi connectivity index (χ3n) is 4.00. The third-order valence-corrected chi connectivity index (χ3v) is 5.47. The van der Waals surface area contributed by atoms with Crippen molar-refractivity contribution in [1.82, 2.24) is 9.55 Å². The molecule has 0 unspecified atom stereocenters. The number of aromatic nitrogens is 2. The summed E-state index contributed by atoms with van der Waals surface area (Å²) in [7, 11) is 0. The maximum Gasteiger partial charge on any atom is 0.330 e. The summed E-state index contributed by atoms with van der Waals surface area (Å²) >= 11 is 0. The van der Waals surface area contributed by atoms with Crippen LogP contribution >= 0.6 is 6.89 Å². The Labute approximate surface area is 150 Å². The van der Waals surface area contributed by atoms with E-state index in [2.05, 4.69) is 11.3 Å². The molecule has 1 fully saturated rings. The van der Waals surface area contributed by atoms with Crippen molar-refractivity contribution in [2.24, 2.45) is 0 Å². The number of hydrogen-bond acceptors (Lipinski definition) is 7. The number of ketones is 1. The molecule has 1 aromatic heterocycles. The Kier molecular flexibility index (Phi) is 6.29. The van der Waals surface area contributed by atoms with Crippen LogP contribution in [0.3, 0.4) is 0 Å². The van der Waals surface area contributed by atoms with Gasteiger partial charge in [0.2, 0.25) is 5.75 Å². The van der Waals surface area contributed by atoms with Crippen LogP contribution in [0.4, 0.5) is 0 Å². The Morgan fingerprint density at radius 1 is 1.38 bits per heavy atom. The summed E-state index contributed by atoms with van der Waals surface area (Å²) in [5, 5.41) is 20.5. The lowest BCUT2D eigenvalue weighted by Crippen LogP contribution is -2.38. The molecule has 9 nitrogen and oxygen atoms in total. The molecular formula is C16H25N2O7P. The first kappa shape index (κ1) is 20.6. The van der Waals surface area contributed by atoms with Crippen molar-refractivity contribution in [1.29, 1.82) is 0 Å². The van der Waals surface area contributed by atoms with E-state index in [0.717, 1.165) is 16.9 Å². The average Bonchev–Trinajstić information content (AvgIpc) is 2.79. The van der Waals surface area contributed by atoms with Crippen molar-refractivity contribution in [3.05, 3.63) is 27.0 Å². The van der Waals surface area contributed by atoms with Gasteiger partial charge in [0.05, 0.1) is 12.3 Å². The summed E-state index contributed by atoms with van der Waals surface area (Å²) in [6.07, 6.45) is 2.06. The van der Waals surface area contributed by atoms with E-state index in [1.807, 2.05) is 13.3 Å². The van der Waals surface area contributed by atoms with Gasteiger partial charge in [0.1, 0.15) is 18.8 Å². The van der Waals surface area contributed by atoms with Crippen LogP contribution in [0.2, 0.25) is 0 Å². The summed E-state index contributed by atoms with van der Waals surface area (Å²) in [5.41, 5.74) is -1.60. The van der Waals surface area contributed by atoms with Gasteiger partial charge in [-0.3, -0.25) is 19.1 Å². The zero-order valence-corrected chi connectivity index (χ0v) is 15.9. The number of Topliss-reactive ketones (excluding diaryl/α,β-unsaturated/α-hetero) is 1. The van der Waals surface area contributed by atoms with Crippen molar-refractivity contribution >= 4 is 19.0 Å². The van der Waals surface area contributed by atoms with Gasteiger partial charge < -0.3 is 19.7 Å². The van der Waals surface area contributed by atoms with E-state index in [1.54, 1.807) is 0 Å². The molecule has 146 valence electrons. The topological polar surface area (TPSA) is 131 Å². The molecule has 3 N–H and O–H groups in total. The first-order valence-corrected chi connectivity index (χ1v) is 11.2. The Morgan fingerprint density at radius 2 is 2.04 bits per heavy atom. The first-order valence-electron chi connectivity index (χ1n) is 8.16. The minimum atomic E-state index is -1.35. The molecule has 0 aromatic carbocycles. The second kappa shape index (κ2) is 7.92. The van der Waals surface area contributed by atoms with Crippen molar-refractivity contribution in [2.75, 3.05) is 26.1 Å². The van der Waals surface area contributed by atoms with Gasteiger partial charge in [0, 0.05) is 0 Å². The number of rotatable bonds is 7. The average molecular weight is 388 g/mol. The fourth-order valence-electron chi connectivity index (χ4n) is 2.61. The van der Waals surface area contributed by atoms with E-state index >= 15 is 0 Å². The molecule has 4 atom stereocenters. The van der Waals surface area contributed by atoms with Crippen LogP contribution < -0.4 is 16.0 Å². The summed E-state index contributed by atoms with van der Waals surface area (Å²) in [6, 6.07) is 0. The molecule has 0 bridgehead atoms. The molecule has 26 heavy (non-hydrogen) atoms. The number of hydrogen-bond donors (Lipinski definition) is 3. The maximum atomic E-state index is 12.1. The zero-order chi connectivity index (χ0) is 19.6. The van der Waals surface area contributed by atoms with E-state index in [4.69, 9.17) is 9.47 Å².